The summed E-state index contributed by atoms with van der Waals surface area (Å²) in [6.07, 6.45) is 22.9. The fourth-order valence-corrected chi connectivity index (χ4v) is 7.28. The van der Waals surface area contributed by atoms with Crippen molar-refractivity contribution in [3.05, 3.63) is 12.3 Å². The summed E-state index contributed by atoms with van der Waals surface area (Å²) in [4.78, 5) is 19.0. The van der Waals surface area contributed by atoms with Crippen LogP contribution in [0.4, 0.5) is 0 Å². The maximum atomic E-state index is 12.7. The molecule has 0 N–H and O–H groups in total. The number of piperidine rings is 1. The van der Waals surface area contributed by atoms with Crippen LogP contribution >= 0.6 is 0 Å². The van der Waals surface area contributed by atoms with Crippen LogP contribution in [0.3, 0.4) is 0 Å². The molecular formula is C40H77NO4. The highest BCUT2D eigenvalue weighted by Crippen LogP contribution is 2.55. The van der Waals surface area contributed by atoms with Crippen molar-refractivity contribution in [1.82, 2.24) is 5.06 Å². The summed E-state index contributed by atoms with van der Waals surface area (Å²) in [5.74, 6) is 0.571. The summed E-state index contributed by atoms with van der Waals surface area (Å²) in [7, 11) is 0. The van der Waals surface area contributed by atoms with Crippen molar-refractivity contribution in [2.24, 2.45) is 11.3 Å². The summed E-state index contributed by atoms with van der Waals surface area (Å²) in [5, 5.41) is 2.19. The van der Waals surface area contributed by atoms with Crippen molar-refractivity contribution in [2.45, 2.75) is 215 Å². The molecule has 266 valence electrons. The molecule has 5 heteroatoms. The zero-order valence-electron chi connectivity index (χ0n) is 31.9. The minimum Gasteiger partial charge on any atom is -0.410 e. The van der Waals surface area contributed by atoms with E-state index in [2.05, 4.69) is 74.0 Å². The van der Waals surface area contributed by atoms with E-state index >= 15 is 0 Å². The minimum atomic E-state index is -0.649. The van der Waals surface area contributed by atoms with E-state index in [1.165, 1.54) is 77.0 Å². The van der Waals surface area contributed by atoms with E-state index in [9.17, 15) is 4.79 Å². The smallest absolute Gasteiger partial charge is 0.174 e. The lowest BCUT2D eigenvalue weighted by atomic mass is 9.66. The molecule has 0 amide bonds. The van der Waals surface area contributed by atoms with Gasteiger partial charge in [0, 0.05) is 30.6 Å². The van der Waals surface area contributed by atoms with Gasteiger partial charge < -0.3 is 14.3 Å². The van der Waals surface area contributed by atoms with Crippen molar-refractivity contribution >= 4 is 5.78 Å². The molecule has 0 saturated carbocycles. The van der Waals surface area contributed by atoms with Crippen molar-refractivity contribution in [3.8, 4) is 0 Å². The van der Waals surface area contributed by atoms with Gasteiger partial charge >= 0.3 is 0 Å². The van der Waals surface area contributed by atoms with E-state index in [0.29, 0.717) is 31.2 Å². The van der Waals surface area contributed by atoms with Crippen molar-refractivity contribution < 1.29 is 19.1 Å². The Morgan fingerprint density at radius 1 is 0.756 bits per heavy atom. The molecule has 2 saturated heterocycles. The molecule has 0 aromatic heterocycles. The normalized spacial score (nSPS) is 30.1. The van der Waals surface area contributed by atoms with Crippen molar-refractivity contribution in [1.29, 1.82) is 0 Å². The van der Waals surface area contributed by atoms with E-state index in [4.69, 9.17) is 14.3 Å². The molecule has 2 fully saturated rings. The number of unbranched alkanes of at least 4 members (excludes halogenated alkanes) is 11. The van der Waals surface area contributed by atoms with E-state index in [1.807, 2.05) is 6.92 Å². The Morgan fingerprint density at radius 2 is 1.24 bits per heavy atom. The number of hydroxylamine groups is 2. The zero-order chi connectivity index (χ0) is 34.0. The standard InChI is InChI=1S/C33H61NO4.C7H16/c1-10-14-15-16-17-18-19-20-21-29(35)22-23-32(13-4)25-36-33(37-26-32)24-30(8,11-2)34(38-27(5)6)31(9,12-3)28(33)7;1-3-5-7-6-4-2/h28H,5,10-26H2,1-4,6-9H3;3-7H2,1-2H3. The van der Waals surface area contributed by atoms with Crippen LogP contribution in [0, 0.1) is 11.3 Å². The maximum Gasteiger partial charge on any atom is 0.174 e. The first kappa shape index (κ1) is 42.1. The quantitative estimate of drug-likeness (QED) is 0.0927. The number of carbonyl (C=O) groups is 1. The molecule has 2 aliphatic rings. The average molecular weight is 636 g/mol. The summed E-state index contributed by atoms with van der Waals surface area (Å²) in [6.45, 7) is 27.4. The number of hydrogen-bond donors (Lipinski definition) is 0. The van der Waals surface area contributed by atoms with Crippen LogP contribution < -0.4 is 0 Å². The Labute approximate surface area is 280 Å². The molecule has 0 aromatic carbocycles. The van der Waals surface area contributed by atoms with Crippen LogP contribution in [0.25, 0.3) is 0 Å². The van der Waals surface area contributed by atoms with Crippen LogP contribution in [0.5, 0.6) is 0 Å². The van der Waals surface area contributed by atoms with Crippen LogP contribution in [0.1, 0.15) is 198 Å². The van der Waals surface area contributed by atoms with Crippen LogP contribution in [0.15, 0.2) is 12.3 Å². The summed E-state index contributed by atoms with van der Waals surface area (Å²) in [6, 6.07) is 0. The number of allylic oxidation sites excluding steroid dienone is 1. The molecule has 2 heterocycles. The largest absolute Gasteiger partial charge is 0.410 e. The number of rotatable bonds is 21. The Bertz CT molecular complexity index is 815. The van der Waals surface area contributed by atoms with Gasteiger partial charge in [-0.3, -0.25) is 4.79 Å². The summed E-state index contributed by atoms with van der Waals surface area (Å²) >= 11 is 0. The second-order valence-corrected chi connectivity index (χ2v) is 15.1. The fraction of sp³-hybridized carbons (Fsp3) is 0.925. The average Bonchev–Trinajstić information content (AvgIpc) is 3.04. The second kappa shape index (κ2) is 21.1. The van der Waals surface area contributed by atoms with Gasteiger partial charge in [-0.15, -0.1) is 5.06 Å². The third-order valence-corrected chi connectivity index (χ3v) is 11.3. The van der Waals surface area contributed by atoms with Gasteiger partial charge in [-0.05, 0) is 52.9 Å². The van der Waals surface area contributed by atoms with Gasteiger partial charge in [-0.2, -0.15) is 0 Å². The lowest BCUT2D eigenvalue weighted by molar-refractivity contribution is -0.404. The van der Waals surface area contributed by atoms with Crippen molar-refractivity contribution in [2.75, 3.05) is 13.2 Å². The van der Waals surface area contributed by atoms with Crippen molar-refractivity contribution in [3.63, 3.8) is 0 Å². The molecule has 3 atom stereocenters. The van der Waals surface area contributed by atoms with Crippen LogP contribution in [-0.4, -0.2) is 40.9 Å². The molecule has 0 radical (unpaired) electrons. The number of ether oxygens (including phenoxy) is 2. The minimum absolute atomic E-state index is 0.0868. The van der Waals surface area contributed by atoms with Gasteiger partial charge in [0.25, 0.3) is 0 Å². The Balaban J connectivity index is 0.00000129. The van der Waals surface area contributed by atoms with Gasteiger partial charge in [0.1, 0.15) is 11.5 Å². The number of ketones is 1. The number of carbonyl (C=O) groups excluding carboxylic acids is 1. The van der Waals surface area contributed by atoms with Crippen LogP contribution in [0.2, 0.25) is 0 Å². The predicted octanol–water partition coefficient (Wildman–Crippen LogP) is 12.1. The SMILES string of the molecule is C=C(C)ON1C(C)(CC)CC2(OCC(CC)(CCC(=O)CCCCCCCCCC)CO2)C(C)C1(C)CC.CCCCCCC. The molecule has 5 nitrogen and oxygen atoms in total. The van der Waals surface area contributed by atoms with Gasteiger partial charge in [0.05, 0.1) is 24.3 Å². The molecule has 2 rings (SSSR count). The van der Waals surface area contributed by atoms with Gasteiger partial charge in [0.15, 0.2) is 5.79 Å². The number of Topliss-reactive ketones (excluding diaryl/α,β-unsaturated/α-hetero) is 1. The fourth-order valence-electron chi connectivity index (χ4n) is 7.28. The third kappa shape index (κ3) is 12.6. The first-order valence-electron chi connectivity index (χ1n) is 19.3. The first-order valence-corrected chi connectivity index (χ1v) is 19.3. The summed E-state index contributed by atoms with van der Waals surface area (Å²) < 4.78 is 13.6. The second-order valence-electron chi connectivity index (χ2n) is 15.1. The van der Waals surface area contributed by atoms with E-state index in [0.717, 1.165) is 44.9 Å². The molecule has 45 heavy (non-hydrogen) atoms. The molecular weight excluding hydrogens is 558 g/mol. The molecule has 2 aliphatic heterocycles. The van der Waals surface area contributed by atoms with Gasteiger partial charge in [-0.1, -0.05) is 132 Å². The highest BCUT2D eigenvalue weighted by Gasteiger charge is 2.64. The van der Waals surface area contributed by atoms with E-state index in [1.54, 1.807) is 0 Å². The monoisotopic (exact) mass is 636 g/mol. The first-order chi connectivity index (χ1) is 21.4. The number of nitrogens with zero attached hydrogens (tertiary/aromatic N) is 1. The van der Waals surface area contributed by atoms with E-state index in [-0.39, 0.29) is 22.4 Å². The molecule has 1 spiro atoms. The number of hydrogen-bond acceptors (Lipinski definition) is 5. The maximum absolute atomic E-state index is 12.7. The lowest BCUT2D eigenvalue weighted by Crippen LogP contribution is -2.73. The highest BCUT2D eigenvalue weighted by atomic mass is 16.7. The van der Waals surface area contributed by atoms with Crippen LogP contribution in [-0.2, 0) is 19.1 Å². The molecule has 3 unspecified atom stereocenters. The van der Waals surface area contributed by atoms with Gasteiger partial charge in [-0.25, -0.2) is 0 Å². The zero-order valence-corrected chi connectivity index (χ0v) is 31.9. The third-order valence-electron chi connectivity index (χ3n) is 11.3. The highest BCUT2D eigenvalue weighted by molar-refractivity contribution is 5.78. The topological polar surface area (TPSA) is 48.0 Å². The molecule has 0 aromatic rings. The predicted molar refractivity (Wildman–Crippen MR) is 192 cm³/mol. The molecule has 0 bridgehead atoms. The Kier molecular flexibility index (Phi) is 19.8. The lowest BCUT2D eigenvalue weighted by Gasteiger charge is -2.64. The Morgan fingerprint density at radius 3 is 1.69 bits per heavy atom. The summed E-state index contributed by atoms with van der Waals surface area (Å²) in [5.41, 5.74) is -0.592. The van der Waals surface area contributed by atoms with E-state index < -0.39 is 5.79 Å². The Hall–Kier alpha value is -0.910. The molecule has 0 aliphatic carbocycles. The van der Waals surface area contributed by atoms with Gasteiger partial charge in [0.2, 0.25) is 0 Å².